The van der Waals surface area contributed by atoms with E-state index in [4.69, 9.17) is 5.11 Å². The van der Waals surface area contributed by atoms with Crippen molar-refractivity contribution in [3.8, 4) is 17.3 Å². The van der Waals surface area contributed by atoms with Crippen LogP contribution in [0.2, 0.25) is 0 Å². The zero-order valence-corrected chi connectivity index (χ0v) is 15.7. The molecule has 0 aromatic carbocycles. The maximum Gasteiger partial charge on any atom is 0.407 e. The smallest absolute Gasteiger partial charge is 0.407 e. The van der Waals surface area contributed by atoms with E-state index in [1.807, 2.05) is 6.07 Å². The Kier molecular flexibility index (Phi) is 4.98. The Balaban J connectivity index is 2.21. The van der Waals surface area contributed by atoms with E-state index in [1.165, 1.54) is 42.2 Å². The topological polar surface area (TPSA) is 116 Å². The number of aromatic nitrogens is 2. The fourth-order valence-corrected chi connectivity index (χ4v) is 4.94. The molecule has 0 bridgehead atoms. The van der Waals surface area contributed by atoms with Crippen LogP contribution >= 0.6 is 11.3 Å². The van der Waals surface area contributed by atoms with Crippen LogP contribution in [-0.4, -0.2) is 40.5 Å². The molecule has 10 heteroatoms. The number of pyridine rings is 1. The second-order valence-electron chi connectivity index (χ2n) is 5.64. The van der Waals surface area contributed by atoms with Crippen LogP contribution in [-0.2, 0) is 16.6 Å². The number of thiophene rings is 1. The lowest BCUT2D eigenvalue weighted by atomic mass is 10.1. The highest BCUT2D eigenvalue weighted by atomic mass is 32.2. The molecule has 0 saturated heterocycles. The molecule has 27 heavy (non-hydrogen) atoms. The Bertz CT molecular complexity index is 1130. The van der Waals surface area contributed by atoms with Gasteiger partial charge in [-0.2, -0.15) is 16.6 Å². The standard InChI is InChI=1S/C17H14N4O4S2/c1-20(17(22)23)9-12-7-16(14-3-2-5-19-15(14)8-18)21(10-12)27(24,25)13-4-6-26-11-13/h2-7,10-11H,9H2,1H3,(H,22,23). The molecule has 1 N–H and O–H groups in total. The van der Waals surface area contributed by atoms with Crippen molar-refractivity contribution in [1.29, 1.82) is 5.26 Å². The third kappa shape index (κ3) is 3.55. The molecule has 3 rings (SSSR count). The van der Waals surface area contributed by atoms with Gasteiger partial charge in [0, 0.05) is 30.4 Å². The molecule has 1 amide bonds. The van der Waals surface area contributed by atoms with Gasteiger partial charge in [0.2, 0.25) is 0 Å². The lowest BCUT2D eigenvalue weighted by molar-refractivity contribution is 0.154. The quantitative estimate of drug-likeness (QED) is 0.701. The number of nitriles is 1. The monoisotopic (exact) mass is 402 g/mol. The third-order valence-corrected chi connectivity index (χ3v) is 6.33. The zero-order valence-electron chi connectivity index (χ0n) is 14.1. The summed E-state index contributed by atoms with van der Waals surface area (Å²) in [7, 11) is -2.52. The van der Waals surface area contributed by atoms with Crippen molar-refractivity contribution < 1.29 is 18.3 Å². The molecule has 0 fully saturated rings. The average Bonchev–Trinajstić information content (AvgIpc) is 3.32. The van der Waals surface area contributed by atoms with Crippen molar-refractivity contribution in [3.05, 3.63) is 58.7 Å². The van der Waals surface area contributed by atoms with Crippen LogP contribution in [0.4, 0.5) is 4.79 Å². The molecular weight excluding hydrogens is 388 g/mol. The van der Waals surface area contributed by atoms with Gasteiger partial charge in [0.15, 0.2) is 0 Å². The summed E-state index contributed by atoms with van der Waals surface area (Å²) < 4.78 is 27.2. The zero-order chi connectivity index (χ0) is 19.6. The summed E-state index contributed by atoms with van der Waals surface area (Å²) in [5.74, 6) is 0. The molecule has 3 aromatic heterocycles. The van der Waals surface area contributed by atoms with E-state index in [0.29, 0.717) is 11.1 Å². The van der Waals surface area contributed by atoms with Gasteiger partial charge in [-0.05, 0) is 35.2 Å². The molecule has 8 nitrogen and oxygen atoms in total. The van der Waals surface area contributed by atoms with Crippen LogP contribution in [0.3, 0.4) is 0 Å². The van der Waals surface area contributed by atoms with Gasteiger partial charge in [-0.15, -0.1) is 0 Å². The number of amides is 1. The second kappa shape index (κ2) is 7.22. The summed E-state index contributed by atoms with van der Waals surface area (Å²) in [5.41, 5.74) is 1.15. The molecule has 0 aliphatic heterocycles. The molecular formula is C17H14N4O4S2. The largest absolute Gasteiger partial charge is 0.465 e. The number of hydrogen-bond donors (Lipinski definition) is 1. The predicted molar refractivity (Wildman–Crippen MR) is 98.8 cm³/mol. The van der Waals surface area contributed by atoms with Crippen molar-refractivity contribution in [2.75, 3.05) is 7.05 Å². The number of rotatable bonds is 5. The van der Waals surface area contributed by atoms with Crippen LogP contribution in [0.1, 0.15) is 11.3 Å². The summed E-state index contributed by atoms with van der Waals surface area (Å²) >= 11 is 1.25. The van der Waals surface area contributed by atoms with Crippen LogP contribution < -0.4 is 0 Å². The van der Waals surface area contributed by atoms with E-state index in [2.05, 4.69) is 4.98 Å². The maximum absolute atomic E-state index is 13.1. The van der Waals surface area contributed by atoms with Gasteiger partial charge in [-0.25, -0.2) is 22.2 Å². The summed E-state index contributed by atoms with van der Waals surface area (Å²) in [4.78, 5) is 16.2. The highest BCUT2D eigenvalue weighted by Crippen LogP contribution is 2.29. The molecule has 3 aromatic rings. The minimum atomic E-state index is -3.91. The van der Waals surface area contributed by atoms with E-state index < -0.39 is 16.1 Å². The molecule has 0 radical (unpaired) electrons. The first-order valence-electron chi connectivity index (χ1n) is 7.63. The lowest BCUT2D eigenvalue weighted by Crippen LogP contribution is -2.23. The molecule has 0 aliphatic carbocycles. The number of carbonyl (C=O) groups is 1. The molecule has 0 unspecified atom stereocenters. The Labute approximate surface area is 159 Å². The molecule has 0 atom stereocenters. The van der Waals surface area contributed by atoms with Gasteiger partial charge >= 0.3 is 6.09 Å². The minimum Gasteiger partial charge on any atom is -0.465 e. The fraction of sp³-hybridized carbons (Fsp3) is 0.118. The lowest BCUT2D eigenvalue weighted by Gasteiger charge is -2.11. The van der Waals surface area contributed by atoms with Crippen LogP contribution in [0.25, 0.3) is 11.3 Å². The number of nitrogens with zero attached hydrogens (tertiary/aromatic N) is 4. The number of carboxylic acid groups (broad SMARTS) is 1. The first-order chi connectivity index (χ1) is 12.8. The Morgan fingerprint density at radius 1 is 1.44 bits per heavy atom. The van der Waals surface area contributed by atoms with Gasteiger partial charge in [0.1, 0.15) is 11.8 Å². The van der Waals surface area contributed by atoms with Crippen molar-refractivity contribution in [1.82, 2.24) is 13.9 Å². The fourth-order valence-electron chi connectivity index (χ4n) is 2.53. The predicted octanol–water partition coefficient (Wildman–Crippen LogP) is 2.83. The normalized spacial score (nSPS) is 11.1. The highest BCUT2D eigenvalue weighted by Gasteiger charge is 2.24. The van der Waals surface area contributed by atoms with Gasteiger partial charge in [0.25, 0.3) is 10.0 Å². The highest BCUT2D eigenvalue weighted by molar-refractivity contribution is 7.90. The molecule has 138 valence electrons. The van der Waals surface area contributed by atoms with Crippen molar-refractivity contribution in [2.24, 2.45) is 0 Å². The summed E-state index contributed by atoms with van der Waals surface area (Å²) in [6.45, 7) is -0.00333. The Morgan fingerprint density at radius 3 is 2.85 bits per heavy atom. The van der Waals surface area contributed by atoms with E-state index in [-0.39, 0.29) is 22.8 Å². The van der Waals surface area contributed by atoms with E-state index in [0.717, 1.165) is 8.87 Å². The first-order valence-corrected chi connectivity index (χ1v) is 10.0. The molecule has 3 heterocycles. The summed E-state index contributed by atoms with van der Waals surface area (Å²) in [5, 5.41) is 21.6. The van der Waals surface area contributed by atoms with Crippen molar-refractivity contribution in [3.63, 3.8) is 0 Å². The Morgan fingerprint density at radius 2 is 2.22 bits per heavy atom. The number of hydrogen-bond acceptors (Lipinski definition) is 6. The molecule has 0 spiro atoms. The Hall–Kier alpha value is -3.16. The van der Waals surface area contributed by atoms with Crippen LogP contribution in [0.15, 0.2) is 52.3 Å². The van der Waals surface area contributed by atoms with Crippen LogP contribution in [0.5, 0.6) is 0 Å². The van der Waals surface area contributed by atoms with E-state index in [9.17, 15) is 18.5 Å². The SMILES string of the molecule is CN(Cc1cc(-c2cccnc2C#N)n(S(=O)(=O)c2ccsc2)c1)C(=O)O. The first kappa shape index (κ1) is 18.6. The van der Waals surface area contributed by atoms with Crippen molar-refractivity contribution in [2.45, 2.75) is 11.4 Å². The van der Waals surface area contributed by atoms with Crippen LogP contribution in [0, 0.1) is 11.3 Å². The van der Waals surface area contributed by atoms with Gasteiger partial charge in [-0.1, -0.05) is 0 Å². The van der Waals surface area contributed by atoms with Gasteiger partial charge in [-0.3, -0.25) is 0 Å². The third-order valence-electron chi connectivity index (χ3n) is 3.83. The molecule has 0 saturated carbocycles. The van der Waals surface area contributed by atoms with Gasteiger partial charge < -0.3 is 10.0 Å². The van der Waals surface area contributed by atoms with Crippen molar-refractivity contribution >= 4 is 27.5 Å². The van der Waals surface area contributed by atoms with E-state index in [1.54, 1.807) is 23.6 Å². The summed E-state index contributed by atoms with van der Waals surface area (Å²) in [6.07, 6.45) is 1.68. The van der Waals surface area contributed by atoms with E-state index >= 15 is 0 Å². The van der Waals surface area contributed by atoms with Gasteiger partial charge in [0.05, 0.1) is 17.1 Å². The molecule has 0 aliphatic rings. The maximum atomic E-state index is 13.1. The average molecular weight is 402 g/mol. The second-order valence-corrected chi connectivity index (χ2v) is 8.24. The summed E-state index contributed by atoms with van der Waals surface area (Å²) in [6, 6.07) is 8.21. The minimum absolute atomic E-state index is 0.00333.